The Morgan fingerprint density at radius 1 is 1.00 bits per heavy atom. The van der Waals surface area contributed by atoms with Gasteiger partial charge in [-0.3, -0.25) is 9.59 Å². The van der Waals surface area contributed by atoms with E-state index < -0.39 is 0 Å². The molecule has 0 saturated carbocycles. The Balaban J connectivity index is 2.16. The van der Waals surface area contributed by atoms with Gasteiger partial charge in [-0.2, -0.15) is 0 Å². The summed E-state index contributed by atoms with van der Waals surface area (Å²) >= 11 is 6.16. The lowest BCUT2D eigenvalue weighted by atomic mass is 10.0. The quantitative estimate of drug-likeness (QED) is 0.708. The molecule has 0 aliphatic rings. The zero-order chi connectivity index (χ0) is 20.1. The summed E-state index contributed by atoms with van der Waals surface area (Å²) in [5.41, 5.74) is 5.33. The molecule has 0 radical (unpaired) electrons. The number of benzene rings is 2. The highest BCUT2D eigenvalue weighted by Gasteiger charge is 2.11. The van der Waals surface area contributed by atoms with E-state index in [1.54, 1.807) is 24.3 Å². The van der Waals surface area contributed by atoms with E-state index in [9.17, 15) is 9.59 Å². The van der Waals surface area contributed by atoms with E-state index in [1.807, 2.05) is 27.7 Å². The monoisotopic (exact) mass is 384 g/mol. The van der Waals surface area contributed by atoms with E-state index in [4.69, 9.17) is 11.6 Å². The molecule has 0 spiro atoms. The number of hydrogen-bond donors (Lipinski definition) is 2. The zero-order valence-corrected chi connectivity index (χ0v) is 17.1. The standard InChI is InChI=1S/C22H25ClN2O2/c1-13(2)24-22(27)18-6-8-19(23)20(12-18)25-21(26)9-7-17-11-15(4)14(3)10-16(17)5/h6-13H,1-5H3,(H,24,27)(H,25,26)/b9-7+. The van der Waals surface area contributed by atoms with Gasteiger partial charge in [0.25, 0.3) is 5.91 Å². The summed E-state index contributed by atoms with van der Waals surface area (Å²) in [5, 5.41) is 5.93. The van der Waals surface area contributed by atoms with Crippen molar-refractivity contribution in [3.8, 4) is 0 Å². The summed E-state index contributed by atoms with van der Waals surface area (Å²) < 4.78 is 0. The van der Waals surface area contributed by atoms with Gasteiger partial charge in [-0.25, -0.2) is 0 Å². The zero-order valence-electron chi connectivity index (χ0n) is 16.3. The van der Waals surface area contributed by atoms with Crippen molar-refractivity contribution in [2.45, 2.75) is 40.7 Å². The molecule has 0 heterocycles. The molecule has 0 aliphatic heterocycles. The second-order valence-electron chi connectivity index (χ2n) is 6.94. The number of amides is 2. The first-order chi connectivity index (χ1) is 12.7. The molecular formula is C22H25ClN2O2. The topological polar surface area (TPSA) is 58.2 Å². The molecule has 0 saturated heterocycles. The molecule has 2 rings (SSSR count). The summed E-state index contributed by atoms with van der Waals surface area (Å²) in [4.78, 5) is 24.4. The van der Waals surface area contributed by atoms with Gasteiger partial charge in [-0.05, 0) is 81.1 Å². The molecule has 2 aromatic rings. The number of anilines is 1. The van der Waals surface area contributed by atoms with Crippen LogP contribution in [0.1, 0.15) is 46.5 Å². The van der Waals surface area contributed by atoms with Gasteiger partial charge >= 0.3 is 0 Å². The van der Waals surface area contributed by atoms with Gasteiger partial charge in [0.15, 0.2) is 0 Å². The first kappa shape index (κ1) is 20.7. The minimum absolute atomic E-state index is 0.0235. The van der Waals surface area contributed by atoms with Gasteiger partial charge in [0.2, 0.25) is 5.91 Å². The first-order valence-electron chi connectivity index (χ1n) is 8.84. The largest absolute Gasteiger partial charge is 0.350 e. The summed E-state index contributed by atoms with van der Waals surface area (Å²) in [6.45, 7) is 9.89. The number of aryl methyl sites for hydroxylation is 3. The summed E-state index contributed by atoms with van der Waals surface area (Å²) in [5.74, 6) is -0.519. The van der Waals surface area contributed by atoms with E-state index in [1.165, 1.54) is 17.2 Å². The molecular weight excluding hydrogens is 360 g/mol. The van der Waals surface area contributed by atoms with Crippen LogP contribution < -0.4 is 10.6 Å². The SMILES string of the molecule is Cc1cc(C)c(/C=C/C(=O)Nc2cc(C(=O)NC(C)C)ccc2Cl)cc1C. The number of nitrogens with one attached hydrogen (secondary N) is 2. The second kappa shape index (κ2) is 8.87. The van der Waals surface area contributed by atoms with Gasteiger partial charge in [0.1, 0.15) is 0 Å². The van der Waals surface area contributed by atoms with Crippen molar-refractivity contribution in [2.75, 3.05) is 5.32 Å². The van der Waals surface area contributed by atoms with Crippen LogP contribution in [-0.4, -0.2) is 17.9 Å². The molecule has 142 valence electrons. The second-order valence-corrected chi connectivity index (χ2v) is 7.35. The Kier molecular flexibility index (Phi) is 6.81. The van der Waals surface area contributed by atoms with Gasteiger partial charge < -0.3 is 10.6 Å². The molecule has 5 heteroatoms. The van der Waals surface area contributed by atoms with Crippen molar-refractivity contribution in [2.24, 2.45) is 0 Å². The number of halogens is 1. The van der Waals surface area contributed by atoms with Crippen LogP contribution in [0.5, 0.6) is 0 Å². The summed E-state index contributed by atoms with van der Waals surface area (Å²) in [6, 6.07) is 8.98. The van der Waals surface area contributed by atoms with Crippen molar-refractivity contribution in [1.29, 1.82) is 0 Å². The lowest BCUT2D eigenvalue weighted by Gasteiger charge is -2.11. The third-order valence-corrected chi connectivity index (χ3v) is 4.53. The predicted octanol–water partition coefficient (Wildman–Crippen LogP) is 5.06. The summed E-state index contributed by atoms with van der Waals surface area (Å²) in [7, 11) is 0. The highest BCUT2D eigenvalue weighted by atomic mass is 35.5. The molecule has 27 heavy (non-hydrogen) atoms. The average Bonchev–Trinajstić information content (AvgIpc) is 2.58. The van der Waals surface area contributed by atoms with Crippen LogP contribution in [0.2, 0.25) is 5.02 Å². The van der Waals surface area contributed by atoms with Crippen LogP contribution in [0.25, 0.3) is 6.08 Å². The lowest BCUT2D eigenvalue weighted by molar-refractivity contribution is -0.111. The van der Waals surface area contributed by atoms with Crippen molar-refractivity contribution < 1.29 is 9.59 Å². The third kappa shape index (κ3) is 5.69. The Labute approximate surface area is 165 Å². The van der Waals surface area contributed by atoms with Crippen LogP contribution in [0, 0.1) is 20.8 Å². The molecule has 0 fully saturated rings. The highest BCUT2D eigenvalue weighted by Crippen LogP contribution is 2.23. The Morgan fingerprint density at radius 2 is 1.67 bits per heavy atom. The number of rotatable bonds is 5. The maximum absolute atomic E-state index is 12.3. The van der Waals surface area contributed by atoms with Gasteiger partial charge in [-0.15, -0.1) is 0 Å². The number of hydrogen-bond acceptors (Lipinski definition) is 2. The van der Waals surface area contributed by atoms with Crippen LogP contribution in [0.4, 0.5) is 5.69 Å². The van der Waals surface area contributed by atoms with Crippen LogP contribution in [0.3, 0.4) is 0 Å². The maximum Gasteiger partial charge on any atom is 0.251 e. The molecule has 2 amide bonds. The molecule has 0 aromatic heterocycles. The lowest BCUT2D eigenvalue weighted by Crippen LogP contribution is -2.30. The molecule has 0 unspecified atom stereocenters. The minimum atomic E-state index is -0.309. The smallest absolute Gasteiger partial charge is 0.251 e. The van der Waals surface area contributed by atoms with E-state index in [2.05, 4.69) is 29.7 Å². The first-order valence-corrected chi connectivity index (χ1v) is 9.22. The maximum atomic E-state index is 12.3. The van der Waals surface area contributed by atoms with Crippen molar-refractivity contribution >= 4 is 35.2 Å². The Bertz CT molecular complexity index is 901. The van der Waals surface area contributed by atoms with Gasteiger partial charge in [0, 0.05) is 17.7 Å². The summed E-state index contributed by atoms with van der Waals surface area (Å²) in [6.07, 6.45) is 3.24. The third-order valence-electron chi connectivity index (χ3n) is 4.20. The molecule has 4 nitrogen and oxygen atoms in total. The molecule has 0 bridgehead atoms. The minimum Gasteiger partial charge on any atom is -0.350 e. The van der Waals surface area contributed by atoms with Crippen LogP contribution in [0.15, 0.2) is 36.4 Å². The Morgan fingerprint density at radius 3 is 2.33 bits per heavy atom. The van der Waals surface area contributed by atoms with Gasteiger partial charge in [-0.1, -0.05) is 23.7 Å². The highest BCUT2D eigenvalue weighted by molar-refractivity contribution is 6.34. The van der Waals surface area contributed by atoms with E-state index in [0.717, 1.165) is 11.1 Å². The van der Waals surface area contributed by atoms with Gasteiger partial charge in [0.05, 0.1) is 10.7 Å². The van der Waals surface area contributed by atoms with E-state index in [-0.39, 0.29) is 17.9 Å². The molecule has 2 N–H and O–H groups in total. The number of carbonyl (C=O) groups is 2. The fourth-order valence-corrected chi connectivity index (χ4v) is 2.77. The van der Waals surface area contributed by atoms with E-state index in [0.29, 0.717) is 16.3 Å². The number of carbonyl (C=O) groups excluding carboxylic acids is 2. The van der Waals surface area contributed by atoms with Crippen molar-refractivity contribution in [1.82, 2.24) is 5.32 Å². The van der Waals surface area contributed by atoms with Crippen LogP contribution >= 0.6 is 11.6 Å². The molecule has 2 aromatic carbocycles. The predicted molar refractivity (Wildman–Crippen MR) is 112 cm³/mol. The van der Waals surface area contributed by atoms with Crippen LogP contribution in [-0.2, 0) is 4.79 Å². The average molecular weight is 385 g/mol. The fraction of sp³-hybridized carbons (Fsp3) is 0.273. The molecule has 0 aliphatic carbocycles. The van der Waals surface area contributed by atoms with Crippen molar-refractivity contribution in [3.63, 3.8) is 0 Å². The van der Waals surface area contributed by atoms with Crippen molar-refractivity contribution in [3.05, 3.63) is 69.2 Å². The fourth-order valence-electron chi connectivity index (χ4n) is 2.61. The Hall–Kier alpha value is -2.59. The van der Waals surface area contributed by atoms with E-state index >= 15 is 0 Å². The normalized spacial score (nSPS) is 11.1. The molecule has 0 atom stereocenters.